The van der Waals surface area contributed by atoms with Gasteiger partial charge in [0.2, 0.25) is 0 Å². The van der Waals surface area contributed by atoms with E-state index < -0.39 is 17.0 Å². The van der Waals surface area contributed by atoms with E-state index >= 15 is 0 Å². The van der Waals surface area contributed by atoms with Crippen LogP contribution in [0, 0.1) is 23.0 Å². The van der Waals surface area contributed by atoms with Gasteiger partial charge < -0.3 is 0 Å². The minimum atomic E-state index is -0.669. The van der Waals surface area contributed by atoms with Gasteiger partial charge in [-0.3, -0.25) is 4.98 Å². The molecule has 0 spiro atoms. The summed E-state index contributed by atoms with van der Waals surface area (Å²) in [4.78, 5) is 13.2. The Morgan fingerprint density at radius 2 is 1.70 bits per heavy atom. The van der Waals surface area contributed by atoms with Crippen molar-refractivity contribution in [3.8, 4) is 23.1 Å². The van der Waals surface area contributed by atoms with E-state index in [9.17, 15) is 8.78 Å². The van der Waals surface area contributed by atoms with E-state index in [4.69, 9.17) is 5.26 Å². The van der Waals surface area contributed by atoms with Gasteiger partial charge in [-0.1, -0.05) is 12.1 Å². The summed E-state index contributed by atoms with van der Waals surface area (Å²) in [5, 5.41) is 13.0. The largest absolute Gasteiger partial charge is 0.252 e. The van der Waals surface area contributed by atoms with E-state index in [0.717, 1.165) is 6.07 Å². The molecule has 0 aliphatic heterocycles. The van der Waals surface area contributed by atoms with Gasteiger partial charge in [0.25, 0.3) is 5.82 Å². The minimum Gasteiger partial charge on any atom is -0.252 e. The number of nitriles is 1. The third kappa shape index (κ3) is 3.53. The molecule has 8 heteroatoms. The molecule has 148 valence electrons. The summed E-state index contributed by atoms with van der Waals surface area (Å²) in [5.74, 6) is -0.745. The lowest BCUT2D eigenvalue weighted by molar-refractivity contribution is 0.582. The monoisotopic (exact) mass is 402 g/mol. The number of aromatic nitrogens is 5. The van der Waals surface area contributed by atoms with Gasteiger partial charge >= 0.3 is 0 Å². The van der Waals surface area contributed by atoms with Crippen LogP contribution in [0.5, 0.6) is 0 Å². The van der Waals surface area contributed by atoms with Gasteiger partial charge in [-0.05, 0) is 50.2 Å². The van der Waals surface area contributed by atoms with Crippen LogP contribution in [0.3, 0.4) is 0 Å². The van der Waals surface area contributed by atoms with Gasteiger partial charge in [0.15, 0.2) is 5.82 Å². The molecule has 0 amide bonds. The second-order valence-electron chi connectivity index (χ2n) is 7.16. The van der Waals surface area contributed by atoms with Crippen molar-refractivity contribution in [2.75, 3.05) is 0 Å². The van der Waals surface area contributed by atoms with Crippen LogP contribution in [0.1, 0.15) is 31.1 Å². The van der Waals surface area contributed by atoms with Gasteiger partial charge in [0, 0.05) is 17.0 Å². The molecule has 30 heavy (non-hydrogen) atoms. The maximum atomic E-state index is 14.2. The van der Waals surface area contributed by atoms with Gasteiger partial charge in [0.1, 0.15) is 24.0 Å². The molecule has 1 aromatic carbocycles. The molecule has 0 aliphatic carbocycles. The average molecular weight is 402 g/mol. The fraction of sp³-hybridized carbons (Fsp3) is 0.136. The first kappa shape index (κ1) is 19.3. The van der Waals surface area contributed by atoms with Crippen molar-refractivity contribution in [1.29, 1.82) is 5.26 Å². The average Bonchev–Trinajstić information content (AvgIpc) is 3.23. The molecule has 0 radical (unpaired) electrons. The molecule has 4 rings (SSSR count). The molecule has 0 aliphatic rings. The van der Waals surface area contributed by atoms with Crippen molar-refractivity contribution in [1.82, 2.24) is 24.7 Å². The normalized spacial score (nSPS) is 11.3. The number of hydrogen-bond donors (Lipinski definition) is 0. The highest BCUT2D eigenvalue weighted by Gasteiger charge is 2.27. The number of pyridine rings is 2. The zero-order valence-electron chi connectivity index (χ0n) is 16.2. The molecule has 0 atom stereocenters. The van der Waals surface area contributed by atoms with Gasteiger partial charge in [-0.2, -0.15) is 5.26 Å². The molecule has 0 saturated carbocycles. The molecular formula is C22H16F2N6. The molecule has 0 N–H and O–H groups in total. The van der Waals surface area contributed by atoms with Gasteiger partial charge in [0.05, 0.1) is 17.1 Å². The molecule has 6 nitrogen and oxygen atoms in total. The second kappa shape index (κ2) is 7.44. The Morgan fingerprint density at radius 1 is 0.967 bits per heavy atom. The van der Waals surface area contributed by atoms with Crippen LogP contribution in [0.25, 0.3) is 17.1 Å². The van der Waals surface area contributed by atoms with Crippen molar-refractivity contribution in [3.63, 3.8) is 0 Å². The summed E-state index contributed by atoms with van der Waals surface area (Å²) in [6.45, 7) is 3.91. The Hall–Kier alpha value is -3.99. The zero-order valence-corrected chi connectivity index (χ0v) is 16.2. The first-order chi connectivity index (χ1) is 14.4. The number of benzene rings is 1. The van der Waals surface area contributed by atoms with E-state index in [1.54, 1.807) is 18.2 Å². The SMILES string of the molecule is CC(C)(c1cccc(-c2ccc(F)cc2F)n1)c1cccc(-n2cnc(C#N)n2)n1. The third-order valence-electron chi connectivity index (χ3n) is 4.80. The quantitative estimate of drug-likeness (QED) is 0.511. The molecule has 0 unspecified atom stereocenters. The van der Waals surface area contributed by atoms with Crippen LogP contribution < -0.4 is 0 Å². The van der Waals surface area contributed by atoms with Crippen LogP contribution in [0.2, 0.25) is 0 Å². The van der Waals surface area contributed by atoms with Crippen molar-refractivity contribution in [2.45, 2.75) is 19.3 Å². The Morgan fingerprint density at radius 3 is 2.40 bits per heavy atom. The molecule has 3 aromatic heterocycles. The standard InChI is InChI=1S/C22H16F2N6/c1-22(2,19-7-4-8-21(28-19)30-13-26-20(12-25)29-30)18-6-3-5-17(27-18)15-10-9-14(23)11-16(15)24/h3-11,13H,1-2H3. The highest BCUT2D eigenvalue weighted by molar-refractivity contribution is 5.60. The summed E-state index contributed by atoms with van der Waals surface area (Å²) in [7, 11) is 0. The molecule has 0 saturated heterocycles. The van der Waals surface area contributed by atoms with Crippen LogP contribution in [-0.4, -0.2) is 24.7 Å². The number of hydrogen-bond acceptors (Lipinski definition) is 5. The molecule has 0 bridgehead atoms. The van der Waals surface area contributed by atoms with Crippen molar-refractivity contribution in [2.24, 2.45) is 0 Å². The maximum Gasteiger partial charge on any atom is 0.252 e. The van der Waals surface area contributed by atoms with Crippen LogP contribution >= 0.6 is 0 Å². The summed E-state index contributed by atoms with van der Waals surface area (Å²) >= 11 is 0. The van der Waals surface area contributed by atoms with E-state index in [2.05, 4.69) is 20.1 Å². The van der Waals surface area contributed by atoms with E-state index in [0.29, 0.717) is 22.9 Å². The van der Waals surface area contributed by atoms with E-state index in [-0.39, 0.29) is 11.4 Å². The second-order valence-corrected chi connectivity index (χ2v) is 7.16. The van der Waals surface area contributed by atoms with Gasteiger partial charge in [-0.15, -0.1) is 5.10 Å². The Labute approximate surface area is 171 Å². The lowest BCUT2D eigenvalue weighted by Crippen LogP contribution is -2.23. The summed E-state index contributed by atoms with van der Waals surface area (Å²) in [6.07, 6.45) is 1.42. The van der Waals surface area contributed by atoms with E-state index in [1.807, 2.05) is 38.1 Å². The maximum absolute atomic E-state index is 14.2. The lowest BCUT2D eigenvalue weighted by Gasteiger charge is -2.24. The fourth-order valence-corrected chi connectivity index (χ4v) is 3.08. The molecule has 4 aromatic rings. The Kier molecular flexibility index (Phi) is 4.80. The number of rotatable bonds is 4. The third-order valence-corrected chi connectivity index (χ3v) is 4.80. The summed E-state index contributed by atoms with van der Waals surface area (Å²) in [5.41, 5.74) is 1.38. The predicted molar refractivity (Wildman–Crippen MR) is 106 cm³/mol. The zero-order chi connectivity index (χ0) is 21.3. The van der Waals surface area contributed by atoms with Crippen LogP contribution in [-0.2, 0) is 5.41 Å². The smallest absolute Gasteiger partial charge is 0.252 e. The first-order valence-corrected chi connectivity index (χ1v) is 9.11. The molecule has 0 fully saturated rings. The Balaban J connectivity index is 1.74. The van der Waals surface area contributed by atoms with Crippen molar-refractivity contribution >= 4 is 0 Å². The van der Waals surface area contributed by atoms with Crippen LogP contribution in [0.15, 0.2) is 60.9 Å². The summed E-state index contributed by atoms with van der Waals surface area (Å²) in [6, 6.07) is 16.0. The minimum absolute atomic E-state index is 0.0529. The van der Waals surface area contributed by atoms with Gasteiger partial charge in [-0.25, -0.2) is 23.4 Å². The topological polar surface area (TPSA) is 80.3 Å². The fourth-order valence-electron chi connectivity index (χ4n) is 3.08. The molecular weight excluding hydrogens is 386 g/mol. The van der Waals surface area contributed by atoms with Crippen molar-refractivity contribution < 1.29 is 8.78 Å². The van der Waals surface area contributed by atoms with Crippen molar-refractivity contribution in [3.05, 3.63) is 89.8 Å². The predicted octanol–water partition coefficient (Wildman–Crippen LogP) is 4.20. The molecule has 3 heterocycles. The van der Waals surface area contributed by atoms with E-state index in [1.165, 1.54) is 23.1 Å². The van der Waals surface area contributed by atoms with Crippen LogP contribution in [0.4, 0.5) is 8.78 Å². The summed E-state index contributed by atoms with van der Waals surface area (Å²) < 4.78 is 28.9. The highest BCUT2D eigenvalue weighted by atomic mass is 19.1. The Bertz CT molecular complexity index is 1270. The lowest BCUT2D eigenvalue weighted by atomic mass is 9.84. The number of halogens is 2. The number of nitrogens with zero attached hydrogens (tertiary/aromatic N) is 6. The first-order valence-electron chi connectivity index (χ1n) is 9.11. The highest BCUT2D eigenvalue weighted by Crippen LogP contribution is 2.31.